The fourth-order valence-corrected chi connectivity index (χ4v) is 6.58. The van der Waals surface area contributed by atoms with E-state index in [1.54, 1.807) is 0 Å². The molecule has 1 saturated carbocycles. The second kappa shape index (κ2) is 8.22. The lowest BCUT2D eigenvalue weighted by Crippen LogP contribution is -2.76. The van der Waals surface area contributed by atoms with Gasteiger partial charge in [-0.25, -0.2) is 5.06 Å². The lowest BCUT2D eigenvalue weighted by atomic mass is 9.69. The zero-order chi connectivity index (χ0) is 24.1. The number of ketones is 2. The minimum atomic E-state index is -4.94. The molecule has 0 saturated heterocycles. The van der Waals surface area contributed by atoms with E-state index >= 15 is 0 Å². The van der Waals surface area contributed by atoms with Gasteiger partial charge in [0.2, 0.25) is 11.6 Å². The monoisotopic (exact) mass is 480 g/mol. The minimum absolute atomic E-state index is 0.154. The smallest absolute Gasteiger partial charge is 0.308 e. The van der Waals surface area contributed by atoms with Gasteiger partial charge in [0, 0.05) is 12.5 Å². The molecule has 0 amide bonds. The summed E-state index contributed by atoms with van der Waals surface area (Å²) in [5.41, 5.74) is -3.05. The van der Waals surface area contributed by atoms with Crippen molar-refractivity contribution in [3.8, 4) is 0 Å². The average molecular weight is 480 g/mol. The minimum Gasteiger partial charge on any atom is -0.308 e. The van der Waals surface area contributed by atoms with Crippen LogP contribution in [0, 0.1) is 10.1 Å². The number of nitrogens with zero attached hydrogens (tertiary/aromatic N) is 2. The zero-order valence-electron chi connectivity index (χ0n) is 17.3. The lowest BCUT2D eigenvalue weighted by molar-refractivity contribution is -0.384. The number of hydrogen-bond acceptors (Lipinski definition) is 9. The van der Waals surface area contributed by atoms with Gasteiger partial charge >= 0.3 is 13.8 Å². The molecule has 0 bridgehead atoms. The predicted octanol–water partition coefficient (Wildman–Crippen LogP) is 3.45. The third-order valence-electron chi connectivity index (χ3n) is 5.28. The molecule has 1 aromatic rings. The van der Waals surface area contributed by atoms with E-state index in [9.17, 15) is 37.4 Å². The highest BCUT2D eigenvalue weighted by Crippen LogP contribution is 2.69. The molecule has 1 aliphatic carbocycles. The second-order valence-corrected chi connectivity index (χ2v) is 9.34. The van der Waals surface area contributed by atoms with Crippen LogP contribution in [0.15, 0.2) is 12.1 Å². The molecule has 176 valence electrons. The number of nitro groups is 1. The van der Waals surface area contributed by atoms with Crippen LogP contribution in [0.25, 0.3) is 0 Å². The molecule has 2 atom stereocenters. The van der Waals surface area contributed by atoms with Gasteiger partial charge in [-0.2, -0.15) is 13.2 Å². The van der Waals surface area contributed by atoms with Crippen LogP contribution in [-0.2, 0) is 40.6 Å². The van der Waals surface area contributed by atoms with Gasteiger partial charge in [0.1, 0.15) is 11.7 Å². The van der Waals surface area contributed by atoms with Gasteiger partial charge in [0.25, 0.3) is 5.69 Å². The number of carbonyl (C=O) groups excluding carboxylic acids is 2. The largest absolute Gasteiger partial charge is 0.416 e. The number of fused-ring (bicyclic) bond motifs is 2. The van der Waals surface area contributed by atoms with E-state index in [1.165, 1.54) is 20.8 Å². The molecule has 0 N–H and O–H groups in total. The van der Waals surface area contributed by atoms with Gasteiger partial charge in [-0.1, -0.05) is 0 Å². The Bertz CT molecular complexity index is 1020. The van der Waals surface area contributed by atoms with Crippen molar-refractivity contribution in [2.45, 2.75) is 44.6 Å². The molecule has 2 unspecified atom stereocenters. The Hall–Kier alpha value is -2.34. The quantitative estimate of drug-likeness (QED) is 0.238. The zero-order valence-corrected chi connectivity index (χ0v) is 18.2. The molecule has 32 heavy (non-hydrogen) atoms. The van der Waals surface area contributed by atoms with Crippen LogP contribution < -0.4 is 5.06 Å². The summed E-state index contributed by atoms with van der Waals surface area (Å²) in [6, 6.07) is -0.681. The highest BCUT2D eigenvalue weighted by atomic mass is 31.2. The molecular formula is C18H20F3N2O8P. The molecule has 1 aliphatic heterocycles. The molecule has 0 aromatic heterocycles. The fraction of sp³-hybridized carbons (Fsp3) is 0.556. The summed E-state index contributed by atoms with van der Waals surface area (Å²) in [5.74, 6) is -2.21. The number of alkyl halides is 3. The van der Waals surface area contributed by atoms with E-state index in [-0.39, 0.29) is 25.4 Å². The second-order valence-electron chi connectivity index (χ2n) is 7.03. The molecular weight excluding hydrogens is 460 g/mol. The van der Waals surface area contributed by atoms with Crippen LogP contribution in [0.5, 0.6) is 0 Å². The standard InChI is InChI=1S/C18H20F3N2O8P/c1-4-29-22-13-10(7-11(18(19,20)21)8-12(13)23(26)27)9-17(15(22)14(24)16(17)25)32(28,30-5-2)31-6-3/h7-8,15H,4-6,9H2,1-3H3. The molecule has 0 spiro atoms. The van der Waals surface area contributed by atoms with E-state index < -0.39 is 64.8 Å². The Morgan fingerprint density at radius 3 is 2.25 bits per heavy atom. The molecule has 2 aliphatic rings. The van der Waals surface area contributed by atoms with Gasteiger partial charge in [0.05, 0.1) is 30.3 Å². The van der Waals surface area contributed by atoms with Gasteiger partial charge in [-0.15, -0.1) is 0 Å². The highest BCUT2D eigenvalue weighted by molar-refractivity contribution is 7.58. The first-order chi connectivity index (χ1) is 14.9. The predicted molar refractivity (Wildman–Crippen MR) is 103 cm³/mol. The molecule has 1 heterocycles. The van der Waals surface area contributed by atoms with Gasteiger partial charge < -0.3 is 9.05 Å². The number of carbonyl (C=O) groups is 2. The lowest BCUT2D eigenvalue weighted by Gasteiger charge is -2.54. The van der Waals surface area contributed by atoms with Crippen molar-refractivity contribution in [3.63, 3.8) is 0 Å². The summed E-state index contributed by atoms with van der Waals surface area (Å²) in [6.07, 6.45) is -5.63. The maximum Gasteiger partial charge on any atom is 0.416 e. The Morgan fingerprint density at radius 1 is 1.19 bits per heavy atom. The number of rotatable bonds is 8. The SMILES string of the molecule is CCON1c2c(cc(C(F)(F)F)cc2[N+](=O)[O-])CC2(P(=O)(OCC)OCC)C(=O)C(=O)C12. The summed E-state index contributed by atoms with van der Waals surface area (Å²) >= 11 is 0. The number of nitro benzene ring substituents is 1. The van der Waals surface area contributed by atoms with Crippen molar-refractivity contribution in [1.82, 2.24) is 0 Å². The summed E-state index contributed by atoms with van der Waals surface area (Å²) in [4.78, 5) is 41.5. The average Bonchev–Trinajstić information content (AvgIpc) is 2.71. The third-order valence-corrected chi connectivity index (χ3v) is 8.06. The van der Waals surface area contributed by atoms with E-state index in [1.807, 2.05) is 0 Å². The van der Waals surface area contributed by atoms with Crippen LogP contribution in [-0.4, -0.2) is 47.5 Å². The Balaban J connectivity index is 2.36. The van der Waals surface area contributed by atoms with E-state index in [0.29, 0.717) is 17.2 Å². The number of benzene rings is 1. The van der Waals surface area contributed by atoms with Crippen LogP contribution in [0.2, 0.25) is 0 Å². The summed E-state index contributed by atoms with van der Waals surface area (Å²) in [5, 5.41) is 10.2. The fourth-order valence-electron chi connectivity index (χ4n) is 4.12. The van der Waals surface area contributed by atoms with Crippen LogP contribution in [0.1, 0.15) is 31.9 Å². The van der Waals surface area contributed by atoms with Crippen molar-refractivity contribution >= 4 is 30.5 Å². The number of halogens is 3. The van der Waals surface area contributed by atoms with Gasteiger partial charge in [-0.05, 0) is 32.4 Å². The van der Waals surface area contributed by atoms with Crippen LogP contribution in [0.3, 0.4) is 0 Å². The molecule has 10 nitrogen and oxygen atoms in total. The van der Waals surface area contributed by atoms with Crippen molar-refractivity contribution < 1.29 is 46.1 Å². The maximum atomic E-state index is 13.7. The Morgan fingerprint density at radius 2 is 1.78 bits per heavy atom. The van der Waals surface area contributed by atoms with Crippen molar-refractivity contribution in [2.75, 3.05) is 24.9 Å². The van der Waals surface area contributed by atoms with E-state index in [2.05, 4.69) is 0 Å². The van der Waals surface area contributed by atoms with Gasteiger partial charge in [-0.3, -0.25) is 29.1 Å². The summed E-state index contributed by atoms with van der Waals surface area (Å²) in [7, 11) is -4.42. The van der Waals surface area contributed by atoms with Crippen molar-refractivity contribution in [2.24, 2.45) is 0 Å². The topological polar surface area (TPSA) is 125 Å². The third kappa shape index (κ3) is 3.35. The first-order valence-corrected chi connectivity index (χ1v) is 11.2. The molecule has 3 rings (SSSR count). The van der Waals surface area contributed by atoms with Crippen LogP contribution in [0.4, 0.5) is 24.5 Å². The Kier molecular flexibility index (Phi) is 6.24. The number of anilines is 1. The molecule has 14 heteroatoms. The normalized spacial score (nSPS) is 22.9. The van der Waals surface area contributed by atoms with E-state index in [0.717, 1.165) is 0 Å². The van der Waals surface area contributed by atoms with E-state index in [4.69, 9.17) is 13.9 Å². The molecule has 1 fully saturated rings. The summed E-state index contributed by atoms with van der Waals surface area (Å²) < 4.78 is 64.6. The molecule has 1 aromatic carbocycles. The first-order valence-electron chi connectivity index (χ1n) is 9.68. The first kappa shape index (κ1) is 24.3. The Labute approximate surface area is 180 Å². The van der Waals surface area contributed by atoms with Crippen molar-refractivity contribution in [3.05, 3.63) is 33.4 Å². The summed E-state index contributed by atoms with van der Waals surface area (Å²) in [6.45, 7) is 3.88. The number of hydrogen-bond donors (Lipinski definition) is 0. The van der Waals surface area contributed by atoms with Crippen LogP contribution >= 0.6 is 7.60 Å². The highest BCUT2D eigenvalue weighted by Gasteiger charge is 2.77. The molecule has 0 radical (unpaired) electrons. The van der Waals surface area contributed by atoms with Gasteiger partial charge in [0.15, 0.2) is 5.16 Å². The maximum absolute atomic E-state index is 13.7. The number of hydroxylamine groups is 1. The number of Topliss-reactive ketones (excluding diaryl/α,β-unsaturated/α-hetero) is 2. The van der Waals surface area contributed by atoms with Crippen molar-refractivity contribution in [1.29, 1.82) is 0 Å².